The molecule has 9 nitrogen and oxygen atoms in total. The molecule has 1 N–H and O–H groups in total. The lowest BCUT2D eigenvalue weighted by molar-refractivity contribution is -0.122. The summed E-state index contributed by atoms with van der Waals surface area (Å²) in [5.41, 5.74) is 5.27. The molecule has 3 aromatic carbocycles. The summed E-state index contributed by atoms with van der Waals surface area (Å²) in [7, 11) is -4.22. The molecule has 43 heavy (non-hydrogen) atoms. The summed E-state index contributed by atoms with van der Waals surface area (Å²) in [6.45, 7) is 9.18. The number of anilines is 1. The van der Waals surface area contributed by atoms with Crippen LogP contribution in [0.25, 0.3) is 10.9 Å². The molecular weight excluding hydrogens is 566 g/mol. The molecule has 2 heterocycles. The molecule has 1 unspecified atom stereocenters. The Labute approximate surface area is 251 Å². The molecule has 1 aliphatic rings. The second-order valence-corrected chi connectivity index (χ2v) is 12.7. The van der Waals surface area contributed by atoms with Crippen LogP contribution in [-0.2, 0) is 30.8 Å². The average Bonchev–Trinajstić information content (AvgIpc) is 3.52. The summed E-state index contributed by atoms with van der Waals surface area (Å²) in [6.07, 6.45) is 1.88. The number of sulfonamides is 1. The quantitative estimate of drug-likeness (QED) is 0.210. The van der Waals surface area contributed by atoms with Crippen LogP contribution in [0.15, 0.2) is 65.7 Å². The van der Waals surface area contributed by atoms with Gasteiger partial charge in [-0.3, -0.25) is 9.59 Å². The van der Waals surface area contributed by atoms with Crippen molar-refractivity contribution in [2.24, 2.45) is 0 Å². The number of para-hydroxylation sites is 1. The minimum absolute atomic E-state index is 0.00459. The largest absolute Gasteiger partial charge is 0.462 e. The average molecular weight is 602 g/mol. The van der Waals surface area contributed by atoms with Crippen LogP contribution in [0.4, 0.5) is 5.69 Å². The van der Waals surface area contributed by atoms with Crippen molar-refractivity contribution in [2.75, 3.05) is 18.1 Å². The van der Waals surface area contributed by atoms with Crippen LogP contribution in [0.2, 0.25) is 0 Å². The Kier molecular flexibility index (Phi) is 8.27. The number of ether oxygens (including phenoxy) is 1. The Hall–Kier alpha value is -4.28. The van der Waals surface area contributed by atoms with E-state index >= 15 is 0 Å². The zero-order valence-corrected chi connectivity index (χ0v) is 25.7. The van der Waals surface area contributed by atoms with E-state index in [2.05, 4.69) is 4.98 Å². The molecule has 1 aliphatic heterocycles. The first kappa shape index (κ1) is 30.2. The molecule has 0 radical (unpaired) electrons. The van der Waals surface area contributed by atoms with Gasteiger partial charge in [-0.25, -0.2) is 18.1 Å². The van der Waals surface area contributed by atoms with Crippen LogP contribution in [0, 0.1) is 27.7 Å². The van der Waals surface area contributed by atoms with Crippen molar-refractivity contribution in [3.8, 4) is 0 Å². The van der Waals surface area contributed by atoms with E-state index in [9.17, 15) is 22.8 Å². The summed E-state index contributed by atoms with van der Waals surface area (Å²) in [5.74, 6) is -1.66. The monoisotopic (exact) mass is 601 g/mol. The number of aryl methyl sites for hydroxylation is 2. The third kappa shape index (κ3) is 5.48. The number of imide groups is 1. The molecule has 1 atom stereocenters. The highest BCUT2D eigenvalue weighted by molar-refractivity contribution is 7.89. The highest BCUT2D eigenvalue weighted by atomic mass is 32.2. The maximum absolute atomic E-state index is 14.5. The van der Waals surface area contributed by atoms with Gasteiger partial charge in [-0.05, 0) is 99.2 Å². The van der Waals surface area contributed by atoms with E-state index in [1.54, 1.807) is 20.8 Å². The SMILES string of the molecule is CCOC(=O)c1ccc(N2C(=O)CC(N(CCc3c[nH]c4ccccc34)S(=O)(=O)c3c(C)c(C)cc(C)c3C)C2=O)cc1. The summed E-state index contributed by atoms with van der Waals surface area (Å²) in [6, 6.07) is 14.4. The number of fused-ring (bicyclic) bond motifs is 1. The van der Waals surface area contributed by atoms with Crippen LogP contribution >= 0.6 is 0 Å². The van der Waals surface area contributed by atoms with Crippen molar-refractivity contribution in [1.82, 2.24) is 9.29 Å². The van der Waals surface area contributed by atoms with Crippen LogP contribution in [-0.4, -0.2) is 54.7 Å². The summed E-state index contributed by atoms with van der Waals surface area (Å²) < 4.78 is 35.3. The molecule has 5 rings (SSSR count). The third-order valence-electron chi connectivity index (χ3n) is 8.25. The second kappa shape index (κ2) is 11.8. The van der Waals surface area contributed by atoms with E-state index < -0.39 is 33.8 Å². The minimum Gasteiger partial charge on any atom is -0.462 e. The Morgan fingerprint density at radius 1 is 1.00 bits per heavy atom. The van der Waals surface area contributed by atoms with Gasteiger partial charge in [0.1, 0.15) is 6.04 Å². The second-order valence-electron chi connectivity index (χ2n) is 10.9. The number of aromatic amines is 1. The molecule has 0 bridgehead atoms. The lowest BCUT2D eigenvalue weighted by atomic mass is 10.0. The standard InChI is InChI=1S/C33H35N3O6S/c1-6-42-33(39)24-11-13-26(14-12-24)36-30(37)18-29(32(36)38)35(16-15-25-19-34-28-10-8-7-9-27(25)28)43(40,41)31-22(4)20(2)17-21(3)23(31)5/h7-14,17,19,29,34H,6,15-16,18H2,1-5H3. The van der Waals surface area contributed by atoms with Gasteiger partial charge in [-0.15, -0.1) is 0 Å². The highest BCUT2D eigenvalue weighted by Crippen LogP contribution is 2.34. The van der Waals surface area contributed by atoms with Crippen LogP contribution in [0.3, 0.4) is 0 Å². The van der Waals surface area contributed by atoms with E-state index in [4.69, 9.17) is 4.74 Å². The van der Waals surface area contributed by atoms with E-state index in [1.165, 1.54) is 28.6 Å². The Bertz CT molecular complexity index is 1820. The van der Waals surface area contributed by atoms with E-state index in [0.717, 1.165) is 32.5 Å². The molecule has 0 aliphatic carbocycles. The molecule has 2 amide bonds. The molecule has 224 valence electrons. The predicted octanol–water partition coefficient (Wildman–Crippen LogP) is 5.14. The molecule has 1 fully saturated rings. The number of nitrogens with zero attached hydrogens (tertiary/aromatic N) is 2. The number of amides is 2. The molecular formula is C33H35N3O6S. The highest BCUT2D eigenvalue weighted by Gasteiger charge is 2.47. The normalized spacial score (nSPS) is 15.6. The lowest BCUT2D eigenvalue weighted by Crippen LogP contribution is -2.46. The number of H-pyrrole nitrogens is 1. The number of rotatable bonds is 9. The number of nitrogens with one attached hydrogen (secondary N) is 1. The van der Waals surface area contributed by atoms with Crippen LogP contribution in [0.1, 0.15) is 51.5 Å². The third-order valence-corrected chi connectivity index (χ3v) is 10.4. The van der Waals surface area contributed by atoms with Crippen molar-refractivity contribution >= 4 is 44.4 Å². The van der Waals surface area contributed by atoms with Gasteiger partial charge < -0.3 is 9.72 Å². The number of benzene rings is 3. The Morgan fingerprint density at radius 2 is 1.65 bits per heavy atom. The molecule has 4 aromatic rings. The zero-order valence-electron chi connectivity index (χ0n) is 24.9. The van der Waals surface area contributed by atoms with Gasteiger partial charge in [0, 0.05) is 23.6 Å². The maximum Gasteiger partial charge on any atom is 0.338 e. The zero-order chi connectivity index (χ0) is 31.1. The van der Waals surface area contributed by atoms with Gasteiger partial charge in [-0.1, -0.05) is 24.3 Å². The number of hydrogen-bond acceptors (Lipinski definition) is 6. The maximum atomic E-state index is 14.5. The predicted molar refractivity (Wildman–Crippen MR) is 165 cm³/mol. The van der Waals surface area contributed by atoms with Gasteiger partial charge >= 0.3 is 5.97 Å². The minimum atomic E-state index is -4.22. The van der Waals surface area contributed by atoms with Crippen molar-refractivity contribution in [1.29, 1.82) is 0 Å². The van der Waals surface area contributed by atoms with E-state index in [0.29, 0.717) is 17.5 Å². The molecule has 1 saturated heterocycles. The topological polar surface area (TPSA) is 117 Å². The van der Waals surface area contributed by atoms with Gasteiger partial charge in [0.15, 0.2) is 0 Å². The number of aromatic nitrogens is 1. The molecule has 10 heteroatoms. The first-order valence-electron chi connectivity index (χ1n) is 14.2. The summed E-state index contributed by atoms with van der Waals surface area (Å²) in [4.78, 5) is 43.8. The molecule has 1 aromatic heterocycles. The van der Waals surface area contributed by atoms with E-state index in [1.807, 2.05) is 50.4 Å². The summed E-state index contributed by atoms with van der Waals surface area (Å²) >= 11 is 0. The van der Waals surface area contributed by atoms with Crippen molar-refractivity contribution in [3.63, 3.8) is 0 Å². The fourth-order valence-electron chi connectivity index (χ4n) is 5.77. The van der Waals surface area contributed by atoms with Gasteiger partial charge in [0.05, 0.1) is 29.2 Å². The molecule has 0 saturated carbocycles. The fourth-order valence-corrected chi connectivity index (χ4v) is 7.93. The number of hydrogen-bond donors (Lipinski definition) is 1. The van der Waals surface area contributed by atoms with Crippen LogP contribution in [0.5, 0.6) is 0 Å². The van der Waals surface area contributed by atoms with Crippen LogP contribution < -0.4 is 4.90 Å². The Balaban J connectivity index is 1.54. The number of esters is 1. The van der Waals surface area contributed by atoms with Crippen molar-refractivity contribution in [3.05, 3.63) is 94.2 Å². The lowest BCUT2D eigenvalue weighted by Gasteiger charge is -2.29. The van der Waals surface area contributed by atoms with Gasteiger partial charge in [0.2, 0.25) is 15.9 Å². The first-order chi connectivity index (χ1) is 20.4. The van der Waals surface area contributed by atoms with E-state index in [-0.39, 0.29) is 35.7 Å². The van der Waals surface area contributed by atoms with Gasteiger partial charge in [-0.2, -0.15) is 4.31 Å². The summed E-state index contributed by atoms with van der Waals surface area (Å²) in [5, 5.41) is 0.968. The number of carbonyl (C=O) groups is 3. The molecule has 0 spiro atoms. The fraction of sp³-hybridized carbons (Fsp3) is 0.303. The van der Waals surface area contributed by atoms with Crippen molar-refractivity contribution < 1.29 is 27.5 Å². The smallest absolute Gasteiger partial charge is 0.338 e. The first-order valence-corrected chi connectivity index (χ1v) is 15.7. The number of carbonyl (C=O) groups excluding carboxylic acids is 3. The Morgan fingerprint density at radius 3 is 2.30 bits per heavy atom. The van der Waals surface area contributed by atoms with Gasteiger partial charge in [0.25, 0.3) is 5.91 Å². The van der Waals surface area contributed by atoms with Crippen molar-refractivity contribution in [2.45, 2.75) is 58.4 Å².